The van der Waals surface area contributed by atoms with Crippen LogP contribution in [0.3, 0.4) is 0 Å². The number of hydrogen-bond acceptors (Lipinski definition) is 3. The van der Waals surface area contributed by atoms with E-state index in [1.165, 1.54) is 12.0 Å². The standard InChI is InChI=1S/C21H26ClNO3/c22-21-11-16-8-17(12-21)10-20(9-16,14-21)19(25)26-13-18(24)23-7-6-15-4-2-1-3-5-15/h1-5,16-17H,6-14H2,(H,23,24)/t16-,17+,20?,21?. The first kappa shape index (κ1) is 17.8. The second kappa shape index (κ2) is 6.88. The van der Waals surface area contributed by atoms with Crippen molar-refractivity contribution in [2.45, 2.75) is 49.8 Å². The normalized spacial score (nSPS) is 34.5. The van der Waals surface area contributed by atoms with E-state index in [4.69, 9.17) is 16.3 Å². The molecule has 0 aromatic heterocycles. The Morgan fingerprint density at radius 2 is 1.81 bits per heavy atom. The van der Waals surface area contributed by atoms with Gasteiger partial charge in [-0.15, -0.1) is 11.6 Å². The van der Waals surface area contributed by atoms with Crippen molar-refractivity contribution in [2.24, 2.45) is 17.3 Å². The largest absolute Gasteiger partial charge is 0.455 e. The molecule has 0 saturated heterocycles. The average Bonchev–Trinajstić information content (AvgIpc) is 2.58. The maximum absolute atomic E-state index is 12.8. The molecule has 5 heteroatoms. The molecule has 1 amide bonds. The van der Waals surface area contributed by atoms with Crippen molar-refractivity contribution in [1.82, 2.24) is 5.32 Å². The SMILES string of the molecule is O=C(COC(=O)C12C[C@@H]3C[C@@H](CC(Cl)(C3)C1)C2)NCCc1ccccc1. The first-order valence-corrected chi connectivity index (χ1v) is 10.0. The smallest absolute Gasteiger partial charge is 0.312 e. The molecule has 1 aromatic carbocycles. The van der Waals surface area contributed by atoms with Crippen molar-refractivity contribution in [3.63, 3.8) is 0 Å². The van der Waals surface area contributed by atoms with Gasteiger partial charge in [0.25, 0.3) is 5.91 Å². The molecule has 140 valence electrons. The molecular formula is C21H26ClNO3. The Hall–Kier alpha value is -1.55. The molecule has 1 N–H and O–H groups in total. The van der Waals surface area contributed by atoms with Crippen LogP contribution in [-0.4, -0.2) is 29.9 Å². The van der Waals surface area contributed by atoms with Crippen LogP contribution in [0.25, 0.3) is 0 Å². The van der Waals surface area contributed by atoms with Crippen molar-refractivity contribution in [1.29, 1.82) is 0 Å². The van der Waals surface area contributed by atoms with Gasteiger partial charge >= 0.3 is 5.97 Å². The van der Waals surface area contributed by atoms with E-state index < -0.39 is 5.41 Å². The van der Waals surface area contributed by atoms with Crippen LogP contribution in [0.5, 0.6) is 0 Å². The van der Waals surface area contributed by atoms with Gasteiger partial charge in [-0.25, -0.2) is 0 Å². The van der Waals surface area contributed by atoms with Crippen LogP contribution in [0.1, 0.15) is 44.1 Å². The van der Waals surface area contributed by atoms with Gasteiger partial charge in [-0.05, 0) is 62.3 Å². The third-order valence-electron chi connectivity index (χ3n) is 6.34. The quantitative estimate of drug-likeness (QED) is 0.612. The molecule has 4 bridgehead atoms. The first-order chi connectivity index (χ1) is 12.5. The van der Waals surface area contributed by atoms with Crippen LogP contribution in [0.4, 0.5) is 0 Å². The van der Waals surface area contributed by atoms with Crippen molar-refractivity contribution in [3.05, 3.63) is 35.9 Å². The van der Waals surface area contributed by atoms with E-state index in [-0.39, 0.29) is 23.4 Å². The molecule has 26 heavy (non-hydrogen) atoms. The summed E-state index contributed by atoms with van der Waals surface area (Å²) in [5, 5.41) is 2.83. The number of halogens is 1. The van der Waals surface area contributed by atoms with Gasteiger partial charge in [-0.3, -0.25) is 9.59 Å². The van der Waals surface area contributed by atoms with E-state index in [1.807, 2.05) is 30.3 Å². The number of alkyl halides is 1. The zero-order valence-corrected chi connectivity index (χ0v) is 15.8. The molecule has 1 aromatic rings. The summed E-state index contributed by atoms with van der Waals surface area (Å²) in [7, 11) is 0. The predicted octanol–water partition coefficient (Wildman–Crippen LogP) is 3.47. The topological polar surface area (TPSA) is 55.4 Å². The van der Waals surface area contributed by atoms with Crippen molar-refractivity contribution < 1.29 is 14.3 Å². The van der Waals surface area contributed by atoms with E-state index in [0.717, 1.165) is 32.1 Å². The van der Waals surface area contributed by atoms with E-state index in [9.17, 15) is 9.59 Å². The molecule has 4 saturated carbocycles. The molecule has 5 rings (SSSR count). The van der Waals surface area contributed by atoms with Crippen molar-refractivity contribution in [2.75, 3.05) is 13.2 Å². The Balaban J connectivity index is 1.25. The lowest BCUT2D eigenvalue weighted by Gasteiger charge is -2.58. The predicted molar refractivity (Wildman–Crippen MR) is 99.8 cm³/mol. The molecule has 4 nitrogen and oxygen atoms in total. The second-order valence-electron chi connectivity index (χ2n) is 8.55. The van der Waals surface area contributed by atoms with Gasteiger partial charge in [0, 0.05) is 11.4 Å². The summed E-state index contributed by atoms with van der Waals surface area (Å²) >= 11 is 6.77. The lowest BCUT2D eigenvalue weighted by atomic mass is 9.49. The molecule has 0 aliphatic heterocycles. The number of ether oxygens (including phenoxy) is 1. The van der Waals surface area contributed by atoms with E-state index in [0.29, 0.717) is 24.8 Å². The summed E-state index contributed by atoms with van der Waals surface area (Å²) in [5.74, 6) is 0.636. The zero-order chi connectivity index (χ0) is 18.2. The number of esters is 1. The van der Waals surface area contributed by atoms with Gasteiger partial charge in [-0.2, -0.15) is 0 Å². The number of carbonyl (C=O) groups excluding carboxylic acids is 2. The highest BCUT2D eigenvalue weighted by molar-refractivity contribution is 6.24. The highest BCUT2D eigenvalue weighted by Crippen LogP contribution is 2.64. The summed E-state index contributed by atoms with van der Waals surface area (Å²) in [6.45, 7) is 0.348. The van der Waals surface area contributed by atoms with E-state index >= 15 is 0 Å². The summed E-state index contributed by atoms with van der Waals surface area (Å²) < 4.78 is 5.43. The Kier molecular flexibility index (Phi) is 4.72. The third kappa shape index (κ3) is 3.62. The molecule has 0 spiro atoms. The minimum atomic E-state index is -0.448. The average molecular weight is 376 g/mol. The summed E-state index contributed by atoms with van der Waals surface area (Å²) in [6, 6.07) is 9.99. The Bertz CT molecular complexity index is 676. The Morgan fingerprint density at radius 3 is 2.46 bits per heavy atom. The van der Waals surface area contributed by atoms with Crippen LogP contribution < -0.4 is 5.32 Å². The first-order valence-electron chi connectivity index (χ1n) is 9.63. The second-order valence-corrected chi connectivity index (χ2v) is 9.36. The monoisotopic (exact) mass is 375 g/mol. The molecule has 4 atom stereocenters. The van der Waals surface area contributed by atoms with Gasteiger partial charge < -0.3 is 10.1 Å². The summed E-state index contributed by atoms with van der Waals surface area (Å²) in [6.07, 6.45) is 6.49. The van der Waals surface area contributed by atoms with Crippen LogP contribution in [0.15, 0.2) is 30.3 Å². The number of benzene rings is 1. The van der Waals surface area contributed by atoms with Crippen molar-refractivity contribution >= 4 is 23.5 Å². The number of nitrogens with one attached hydrogen (secondary N) is 1. The molecule has 4 aliphatic carbocycles. The van der Waals surface area contributed by atoms with Crippen LogP contribution >= 0.6 is 11.6 Å². The number of carbonyl (C=O) groups is 2. The van der Waals surface area contributed by atoms with Gasteiger partial charge in [0.15, 0.2) is 6.61 Å². The van der Waals surface area contributed by atoms with Gasteiger partial charge in [0.1, 0.15) is 0 Å². The van der Waals surface area contributed by atoms with Gasteiger partial charge in [-0.1, -0.05) is 30.3 Å². The van der Waals surface area contributed by atoms with Gasteiger partial charge in [0.05, 0.1) is 5.41 Å². The molecule has 0 heterocycles. The fourth-order valence-corrected chi connectivity index (χ4v) is 6.41. The lowest BCUT2D eigenvalue weighted by Crippen LogP contribution is -2.56. The van der Waals surface area contributed by atoms with Gasteiger partial charge in [0.2, 0.25) is 0 Å². The number of hydrogen-bond donors (Lipinski definition) is 1. The van der Waals surface area contributed by atoms with E-state index in [2.05, 4.69) is 5.32 Å². The van der Waals surface area contributed by atoms with Crippen molar-refractivity contribution in [3.8, 4) is 0 Å². The summed E-state index contributed by atoms with van der Waals surface area (Å²) in [4.78, 5) is 24.6. The Morgan fingerprint density at radius 1 is 1.12 bits per heavy atom. The Labute approximate surface area is 159 Å². The fourth-order valence-electron chi connectivity index (χ4n) is 5.72. The molecule has 4 aliphatic rings. The zero-order valence-electron chi connectivity index (χ0n) is 15.0. The molecular weight excluding hydrogens is 350 g/mol. The minimum absolute atomic E-state index is 0.194. The van der Waals surface area contributed by atoms with Crippen LogP contribution in [0, 0.1) is 17.3 Å². The highest BCUT2D eigenvalue weighted by atomic mass is 35.5. The minimum Gasteiger partial charge on any atom is -0.455 e. The maximum atomic E-state index is 12.8. The highest BCUT2D eigenvalue weighted by Gasteiger charge is 2.60. The molecule has 0 radical (unpaired) electrons. The maximum Gasteiger partial charge on any atom is 0.312 e. The van der Waals surface area contributed by atoms with Crippen LogP contribution in [-0.2, 0) is 20.7 Å². The lowest BCUT2D eigenvalue weighted by molar-refractivity contribution is -0.171. The molecule has 4 fully saturated rings. The molecule has 2 unspecified atom stereocenters. The van der Waals surface area contributed by atoms with E-state index in [1.54, 1.807) is 0 Å². The number of amides is 1. The third-order valence-corrected chi connectivity index (χ3v) is 6.78. The summed E-state index contributed by atoms with van der Waals surface area (Å²) in [5.41, 5.74) is 0.724. The van der Waals surface area contributed by atoms with Crippen LogP contribution in [0.2, 0.25) is 0 Å². The fraction of sp³-hybridized carbons (Fsp3) is 0.619. The number of rotatable bonds is 6.